The highest BCUT2D eigenvalue weighted by Crippen LogP contribution is 2.18. The van der Waals surface area contributed by atoms with Crippen LogP contribution in [-0.2, 0) is 12.8 Å². The van der Waals surface area contributed by atoms with Gasteiger partial charge < -0.3 is 0 Å². The standard InChI is InChI=1S/C9H13ClN2.C9H14N2/c1-9(2,3)4-8-11-5-7(10)6-12-8;1-9(2,3)7-8-10-5-4-6-11-8/h5-6H,4H2,1-3H3;4-6H,7H2,1-3H3. The number of aromatic nitrogens is 4. The summed E-state index contributed by atoms with van der Waals surface area (Å²) in [5.74, 6) is 1.78. The average Bonchev–Trinajstić information content (AvgIpc) is 2.40. The van der Waals surface area contributed by atoms with Crippen LogP contribution in [0.5, 0.6) is 0 Å². The lowest BCUT2D eigenvalue weighted by Gasteiger charge is -2.16. The van der Waals surface area contributed by atoms with Crippen molar-refractivity contribution in [3.63, 3.8) is 0 Å². The van der Waals surface area contributed by atoms with Crippen molar-refractivity contribution in [3.8, 4) is 0 Å². The zero-order valence-corrected chi connectivity index (χ0v) is 15.7. The van der Waals surface area contributed by atoms with Crippen molar-refractivity contribution in [3.05, 3.63) is 47.5 Å². The molecule has 2 rings (SSSR count). The van der Waals surface area contributed by atoms with E-state index in [2.05, 4.69) is 61.5 Å². The summed E-state index contributed by atoms with van der Waals surface area (Å²) in [4.78, 5) is 16.5. The molecule has 0 amide bonds. The summed E-state index contributed by atoms with van der Waals surface area (Å²) in [5, 5.41) is 0.590. The third kappa shape index (κ3) is 9.95. The van der Waals surface area contributed by atoms with Crippen LogP contribution < -0.4 is 0 Å². The largest absolute Gasteiger partial charge is 0.241 e. The van der Waals surface area contributed by atoms with Crippen molar-refractivity contribution in [1.29, 1.82) is 0 Å². The Morgan fingerprint density at radius 1 is 0.739 bits per heavy atom. The SMILES string of the molecule is CC(C)(C)Cc1ncc(Cl)cn1.CC(C)(C)Cc1ncccn1. The Morgan fingerprint density at radius 2 is 1.13 bits per heavy atom. The number of nitrogens with zero attached hydrogens (tertiary/aromatic N) is 4. The smallest absolute Gasteiger partial charge is 0.128 e. The maximum absolute atomic E-state index is 5.66. The van der Waals surface area contributed by atoms with Crippen molar-refractivity contribution in [2.45, 2.75) is 54.4 Å². The van der Waals surface area contributed by atoms with E-state index in [1.807, 2.05) is 6.07 Å². The lowest BCUT2D eigenvalue weighted by atomic mass is 9.92. The van der Waals surface area contributed by atoms with Crippen molar-refractivity contribution < 1.29 is 0 Å². The summed E-state index contributed by atoms with van der Waals surface area (Å²) in [7, 11) is 0. The van der Waals surface area contributed by atoms with Crippen LogP contribution in [0.25, 0.3) is 0 Å². The predicted octanol–water partition coefficient (Wildman–Crippen LogP) is 4.78. The van der Waals surface area contributed by atoms with Gasteiger partial charge >= 0.3 is 0 Å². The molecule has 0 aromatic carbocycles. The van der Waals surface area contributed by atoms with Gasteiger partial charge in [0.2, 0.25) is 0 Å². The van der Waals surface area contributed by atoms with Crippen LogP contribution in [0.4, 0.5) is 0 Å². The molecule has 0 fully saturated rings. The normalized spacial score (nSPS) is 11.6. The number of halogens is 1. The second kappa shape index (κ2) is 8.34. The molecule has 0 bridgehead atoms. The highest BCUT2D eigenvalue weighted by molar-refractivity contribution is 6.30. The molecule has 0 saturated carbocycles. The lowest BCUT2D eigenvalue weighted by molar-refractivity contribution is 0.400. The van der Waals surface area contributed by atoms with Gasteiger partial charge in [-0.15, -0.1) is 0 Å². The fraction of sp³-hybridized carbons (Fsp3) is 0.556. The van der Waals surface area contributed by atoms with Gasteiger partial charge in [-0.05, 0) is 16.9 Å². The van der Waals surface area contributed by atoms with E-state index in [4.69, 9.17) is 11.6 Å². The van der Waals surface area contributed by atoms with Crippen LogP contribution in [0.3, 0.4) is 0 Å². The molecule has 2 aromatic rings. The Morgan fingerprint density at radius 3 is 1.52 bits per heavy atom. The summed E-state index contributed by atoms with van der Waals surface area (Å²) < 4.78 is 0. The van der Waals surface area contributed by atoms with Gasteiger partial charge in [0.15, 0.2) is 0 Å². The topological polar surface area (TPSA) is 51.6 Å². The van der Waals surface area contributed by atoms with E-state index in [1.165, 1.54) is 0 Å². The quantitative estimate of drug-likeness (QED) is 0.792. The third-order valence-electron chi connectivity index (χ3n) is 2.67. The van der Waals surface area contributed by atoms with Crippen LogP contribution in [-0.4, -0.2) is 19.9 Å². The molecule has 0 spiro atoms. The van der Waals surface area contributed by atoms with Crippen LogP contribution in [0.2, 0.25) is 5.02 Å². The molecule has 0 radical (unpaired) electrons. The summed E-state index contributed by atoms with van der Waals surface area (Å²) in [6.07, 6.45) is 8.66. The second-order valence-corrected chi connectivity index (χ2v) is 8.39. The molecule has 0 atom stereocenters. The van der Waals surface area contributed by atoms with E-state index >= 15 is 0 Å². The number of hydrogen-bond donors (Lipinski definition) is 0. The first-order valence-electron chi connectivity index (χ1n) is 7.77. The summed E-state index contributed by atoms with van der Waals surface area (Å²) in [6, 6.07) is 1.84. The fourth-order valence-corrected chi connectivity index (χ4v) is 1.90. The molecule has 0 aliphatic rings. The Kier molecular flexibility index (Phi) is 7.07. The fourth-order valence-electron chi connectivity index (χ4n) is 1.80. The van der Waals surface area contributed by atoms with Crippen molar-refractivity contribution in [1.82, 2.24) is 19.9 Å². The van der Waals surface area contributed by atoms with E-state index in [9.17, 15) is 0 Å². The predicted molar refractivity (Wildman–Crippen MR) is 95.4 cm³/mol. The molecule has 2 heterocycles. The van der Waals surface area contributed by atoms with E-state index < -0.39 is 0 Å². The number of rotatable bonds is 2. The minimum atomic E-state index is 0.230. The highest BCUT2D eigenvalue weighted by atomic mass is 35.5. The molecule has 0 saturated heterocycles. The molecular weight excluding hydrogens is 308 g/mol. The Labute approximate surface area is 144 Å². The zero-order valence-electron chi connectivity index (χ0n) is 15.0. The van der Waals surface area contributed by atoms with Gasteiger partial charge in [-0.2, -0.15) is 0 Å². The van der Waals surface area contributed by atoms with Crippen LogP contribution in [0, 0.1) is 10.8 Å². The average molecular weight is 335 g/mol. The summed E-state index contributed by atoms with van der Waals surface area (Å²) in [5.41, 5.74) is 0.509. The van der Waals surface area contributed by atoms with E-state index in [0.29, 0.717) is 5.02 Å². The Balaban J connectivity index is 0.000000231. The van der Waals surface area contributed by atoms with Gasteiger partial charge in [0.05, 0.1) is 5.02 Å². The molecule has 5 heteroatoms. The number of hydrogen-bond acceptors (Lipinski definition) is 4. The monoisotopic (exact) mass is 334 g/mol. The van der Waals surface area contributed by atoms with Gasteiger partial charge in [0.25, 0.3) is 0 Å². The van der Waals surface area contributed by atoms with Crippen LogP contribution >= 0.6 is 11.6 Å². The maximum atomic E-state index is 5.66. The highest BCUT2D eigenvalue weighted by Gasteiger charge is 2.13. The molecule has 23 heavy (non-hydrogen) atoms. The van der Waals surface area contributed by atoms with Gasteiger partial charge in [-0.25, -0.2) is 19.9 Å². The lowest BCUT2D eigenvalue weighted by Crippen LogP contribution is -2.11. The Bertz CT molecular complexity index is 569. The summed E-state index contributed by atoms with van der Waals surface area (Å²) >= 11 is 5.66. The van der Waals surface area contributed by atoms with Crippen molar-refractivity contribution in [2.24, 2.45) is 10.8 Å². The maximum Gasteiger partial charge on any atom is 0.128 e. The Hall–Kier alpha value is -1.55. The molecule has 0 unspecified atom stereocenters. The zero-order chi connectivity index (χ0) is 17.5. The summed E-state index contributed by atoms with van der Waals surface area (Å²) in [6.45, 7) is 13.0. The molecule has 0 N–H and O–H groups in total. The van der Waals surface area contributed by atoms with E-state index in [-0.39, 0.29) is 10.8 Å². The first-order valence-corrected chi connectivity index (χ1v) is 8.15. The minimum Gasteiger partial charge on any atom is -0.241 e. The van der Waals surface area contributed by atoms with Gasteiger partial charge in [-0.3, -0.25) is 0 Å². The van der Waals surface area contributed by atoms with Crippen molar-refractivity contribution >= 4 is 11.6 Å². The molecular formula is C18H27ClN4. The minimum absolute atomic E-state index is 0.230. The van der Waals surface area contributed by atoms with Gasteiger partial charge in [0.1, 0.15) is 11.6 Å². The molecule has 4 nitrogen and oxygen atoms in total. The molecule has 0 aliphatic carbocycles. The van der Waals surface area contributed by atoms with Crippen LogP contribution in [0.15, 0.2) is 30.9 Å². The molecule has 126 valence electrons. The molecule has 2 aromatic heterocycles. The first kappa shape index (κ1) is 19.5. The van der Waals surface area contributed by atoms with Gasteiger partial charge in [0, 0.05) is 37.6 Å². The van der Waals surface area contributed by atoms with E-state index in [0.717, 1.165) is 24.5 Å². The third-order valence-corrected chi connectivity index (χ3v) is 2.87. The molecule has 0 aliphatic heterocycles. The van der Waals surface area contributed by atoms with E-state index in [1.54, 1.807) is 24.8 Å². The van der Waals surface area contributed by atoms with Crippen LogP contribution in [0.1, 0.15) is 53.2 Å². The van der Waals surface area contributed by atoms with Crippen molar-refractivity contribution in [2.75, 3.05) is 0 Å². The second-order valence-electron chi connectivity index (χ2n) is 7.96. The first-order chi connectivity index (χ1) is 10.6. The van der Waals surface area contributed by atoms with Gasteiger partial charge in [-0.1, -0.05) is 53.1 Å².